The maximum Gasteiger partial charge on any atom is 0.263 e. The quantitative estimate of drug-likeness (QED) is 0.860. The summed E-state index contributed by atoms with van der Waals surface area (Å²) in [6.45, 7) is -0.0116. The molecule has 2 aliphatic rings. The molecule has 0 saturated heterocycles. The summed E-state index contributed by atoms with van der Waals surface area (Å²) in [7, 11) is 0. The molecule has 2 aliphatic heterocycles. The van der Waals surface area contributed by atoms with E-state index in [0.29, 0.717) is 28.6 Å². The second-order valence-corrected chi connectivity index (χ2v) is 4.85. The maximum atomic E-state index is 12.8. The minimum Gasteiger partial charge on any atom is -0.454 e. The first kappa shape index (κ1) is 12.6. The van der Waals surface area contributed by atoms with Crippen LogP contribution in [-0.2, 0) is 4.79 Å². The lowest BCUT2D eigenvalue weighted by atomic mass is 10.1. The molecule has 0 radical (unpaired) electrons. The molecule has 22 heavy (non-hydrogen) atoms. The van der Waals surface area contributed by atoms with Crippen molar-refractivity contribution in [1.29, 1.82) is 0 Å². The average Bonchev–Trinajstić information content (AvgIpc) is 3.02. The molecule has 2 amide bonds. The van der Waals surface area contributed by atoms with Crippen LogP contribution in [0.4, 0.5) is 11.5 Å². The highest BCUT2D eigenvalue weighted by atomic mass is 16.7. The minimum atomic E-state index is -0.350. The van der Waals surface area contributed by atoms with Gasteiger partial charge in [0.1, 0.15) is 6.54 Å². The van der Waals surface area contributed by atoms with Crippen LogP contribution in [0.3, 0.4) is 0 Å². The second kappa shape index (κ2) is 4.73. The number of para-hydroxylation sites is 1. The van der Waals surface area contributed by atoms with Crippen LogP contribution in [0.25, 0.3) is 0 Å². The Labute approximate surface area is 125 Å². The number of nitrogens with one attached hydrogen (secondary N) is 1. The van der Waals surface area contributed by atoms with Crippen molar-refractivity contribution in [2.24, 2.45) is 0 Å². The number of carbonyl (C=O) groups is 2. The number of carbonyl (C=O) groups excluding carboxylic acids is 2. The summed E-state index contributed by atoms with van der Waals surface area (Å²) in [6.07, 6.45) is 1.58. The van der Waals surface area contributed by atoms with Crippen molar-refractivity contribution in [3.8, 4) is 11.5 Å². The average molecular weight is 297 g/mol. The summed E-state index contributed by atoms with van der Waals surface area (Å²) in [5, 5.41) is 2.70. The summed E-state index contributed by atoms with van der Waals surface area (Å²) < 4.78 is 10.6. The zero-order valence-electron chi connectivity index (χ0n) is 11.4. The van der Waals surface area contributed by atoms with E-state index in [2.05, 4.69) is 10.3 Å². The van der Waals surface area contributed by atoms with Gasteiger partial charge in [-0.3, -0.25) is 14.5 Å². The van der Waals surface area contributed by atoms with E-state index in [9.17, 15) is 9.59 Å². The van der Waals surface area contributed by atoms with Gasteiger partial charge in [0.25, 0.3) is 5.91 Å². The zero-order chi connectivity index (χ0) is 15.1. The van der Waals surface area contributed by atoms with E-state index in [0.717, 1.165) is 0 Å². The van der Waals surface area contributed by atoms with Gasteiger partial charge in [-0.05, 0) is 24.3 Å². The van der Waals surface area contributed by atoms with Gasteiger partial charge in [0.05, 0.1) is 11.3 Å². The Kier molecular flexibility index (Phi) is 2.72. The molecule has 1 aromatic carbocycles. The van der Waals surface area contributed by atoms with Crippen molar-refractivity contribution < 1.29 is 19.1 Å². The van der Waals surface area contributed by atoms with E-state index in [1.807, 2.05) is 0 Å². The molecule has 1 aromatic heterocycles. The van der Waals surface area contributed by atoms with Crippen molar-refractivity contribution in [3.63, 3.8) is 0 Å². The van der Waals surface area contributed by atoms with Gasteiger partial charge >= 0.3 is 0 Å². The predicted octanol–water partition coefficient (Wildman–Crippen LogP) is 1.41. The molecule has 0 unspecified atom stereocenters. The fourth-order valence-electron chi connectivity index (χ4n) is 2.53. The largest absolute Gasteiger partial charge is 0.454 e. The van der Waals surface area contributed by atoms with E-state index in [1.54, 1.807) is 36.5 Å². The molecule has 7 nitrogen and oxygen atoms in total. The number of ether oxygens (including phenoxy) is 2. The number of rotatable bonds is 1. The van der Waals surface area contributed by atoms with E-state index in [-0.39, 0.29) is 25.2 Å². The number of nitrogens with zero attached hydrogens (tertiary/aromatic N) is 2. The summed E-state index contributed by atoms with van der Waals surface area (Å²) in [4.78, 5) is 30.2. The zero-order valence-corrected chi connectivity index (χ0v) is 11.4. The molecule has 1 N–H and O–H groups in total. The second-order valence-electron chi connectivity index (χ2n) is 4.85. The fraction of sp³-hybridized carbons (Fsp3) is 0.133. The van der Waals surface area contributed by atoms with Gasteiger partial charge in [0.15, 0.2) is 17.3 Å². The number of aromatic nitrogens is 1. The van der Waals surface area contributed by atoms with Gasteiger partial charge in [-0.15, -0.1) is 0 Å². The number of amides is 2. The van der Waals surface area contributed by atoms with Crippen LogP contribution in [-0.4, -0.2) is 30.1 Å². The molecule has 0 saturated carbocycles. The third-order valence-electron chi connectivity index (χ3n) is 3.49. The molecular weight excluding hydrogens is 286 g/mol. The highest BCUT2D eigenvalue weighted by Crippen LogP contribution is 2.37. The minimum absolute atomic E-state index is 0.0783. The molecule has 3 heterocycles. The van der Waals surface area contributed by atoms with Crippen LogP contribution in [0.15, 0.2) is 36.5 Å². The molecule has 0 atom stereocenters. The van der Waals surface area contributed by atoms with Crippen molar-refractivity contribution >= 4 is 23.3 Å². The Morgan fingerprint density at radius 1 is 1.23 bits per heavy atom. The first-order valence-corrected chi connectivity index (χ1v) is 6.69. The molecule has 0 bridgehead atoms. The third kappa shape index (κ3) is 1.86. The van der Waals surface area contributed by atoms with E-state index in [1.165, 1.54) is 4.90 Å². The summed E-state index contributed by atoms with van der Waals surface area (Å²) >= 11 is 0. The van der Waals surface area contributed by atoms with Crippen LogP contribution in [0.2, 0.25) is 0 Å². The first-order chi connectivity index (χ1) is 10.7. The van der Waals surface area contributed by atoms with Gasteiger partial charge in [0, 0.05) is 6.20 Å². The van der Waals surface area contributed by atoms with Crippen molar-refractivity contribution in [2.45, 2.75) is 0 Å². The SMILES string of the molecule is O=C1CN(C(=O)c2cccc3c2OCO3)c2ncccc2N1. The summed E-state index contributed by atoms with van der Waals surface area (Å²) in [6, 6.07) is 8.49. The van der Waals surface area contributed by atoms with Gasteiger partial charge in [-0.25, -0.2) is 4.98 Å². The van der Waals surface area contributed by atoms with Gasteiger partial charge in [-0.2, -0.15) is 0 Å². The topological polar surface area (TPSA) is 80.8 Å². The highest BCUT2D eigenvalue weighted by Gasteiger charge is 2.32. The van der Waals surface area contributed by atoms with Gasteiger partial charge in [0.2, 0.25) is 12.7 Å². The molecule has 110 valence electrons. The molecule has 2 aromatic rings. The standard InChI is InChI=1S/C15H11N3O4/c19-12-7-18(14-10(17-12)4-2-6-16-14)15(20)9-3-1-5-11-13(9)22-8-21-11/h1-6H,7-8H2,(H,17,19). The molecule has 0 fully saturated rings. The lowest BCUT2D eigenvalue weighted by Crippen LogP contribution is -2.42. The van der Waals surface area contributed by atoms with Crippen molar-refractivity contribution in [3.05, 3.63) is 42.1 Å². The number of hydrogen-bond acceptors (Lipinski definition) is 5. The van der Waals surface area contributed by atoms with E-state index in [4.69, 9.17) is 9.47 Å². The molecule has 7 heteroatoms. The number of pyridine rings is 1. The summed E-state index contributed by atoms with van der Waals surface area (Å²) in [5.74, 6) is 0.726. The predicted molar refractivity (Wildman–Crippen MR) is 77.1 cm³/mol. The molecule has 0 aliphatic carbocycles. The highest BCUT2D eigenvalue weighted by molar-refractivity contribution is 6.15. The Bertz CT molecular complexity index is 790. The lowest BCUT2D eigenvalue weighted by molar-refractivity contribution is -0.115. The van der Waals surface area contributed by atoms with Gasteiger partial charge in [-0.1, -0.05) is 6.07 Å². The van der Waals surface area contributed by atoms with E-state index >= 15 is 0 Å². The lowest BCUT2D eigenvalue weighted by Gasteiger charge is -2.28. The molecule has 4 rings (SSSR count). The van der Waals surface area contributed by atoms with Crippen molar-refractivity contribution in [2.75, 3.05) is 23.6 Å². The van der Waals surface area contributed by atoms with E-state index < -0.39 is 0 Å². The molecule has 0 spiro atoms. The van der Waals surface area contributed by atoms with Gasteiger partial charge < -0.3 is 14.8 Å². The molecular formula is C15H11N3O4. The number of fused-ring (bicyclic) bond motifs is 2. The number of benzene rings is 1. The third-order valence-corrected chi connectivity index (χ3v) is 3.49. The first-order valence-electron chi connectivity index (χ1n) is 6.69. The van der Waals surface area contributed by atoms with Crippen LogP contribution in [0.1, 0.15) is 10.4 Å². The fourth-order valence-corrected chi connectivity index (χ4v) is 2.53. The van der Waals surface area contributed by atoms with Crippen molar-refractivity contribution in [1.82, 2.24) is 4.98 Å². The Morgan fingerprint density at radius 3 is 3.05 bits per heavy atom. The Balaban J connectivity index is 1.78. The normalized spacial score (nSPS) is 15.3. The Morgan fingerprint density at radius 2 is 2.14 bits per heavy atom. The maximum absolute atomic E-state index is 12.8. The monoisotopic (exact) mass is 297 g/mol. The smallest absolute Gasteiger partial charge is 0.263 e. The van der Waals surface area contributed by atoms with Crippen LogP contribution < -0.4 is 19.7 Å². The van der Waals surface area contributed by atoms with Crippen LogP contribution in [0, 0.1) is 0 Å². The van der Waals surface area contributed by atoms with Crippen LogP contribution in [0.5, 0.6) is 11.5 Å². The van der Waals surface area contributed by atoms with Crippen LogP contribution >= 0.6 is 0 Å². The number of anilines is 2. The number of hydrogen-bond donors (Lipinski definition) is 1. The Hall–Kier alpha value is -3.09. The summed E-state index contributed by atoms with van der Waals surface area (Å²) in [5.41, 5.74) is 0.859.